The van der Waals surface area contributed by atoms with Crippen LogP contribution >= 0.6 is 0 Å². The number of nitrogens with zero attached hydrogens (tertiary/aromatic N) is 3. The number of amides is 2. The van der Waals surface area contributed by atoms with E-state index in [0.717, 1.165) is 11.3 Å². The van der Waals surface area contributed by atoms with Gasteiger partial charge in [0.15, 0.2) is 11.5 Å². The molecule has 1 fully saturated rings. The summed E-state index contributed by atoms with van der Waals surface area (Å²) in [6.07, 6.45) is 2.89. The van der Waals surface area contributed by atoms with Crippen molar-refractivity contribution >= 4 is 11.8 Å². The van der Waals surface area contributed by atoms with Gasteiger partial charge in [0.05, 0.1) is 12.2 Å². The van der Waals surface area contributed by atoms with Crippen molar-refractivity contribution in [2.45, 2.75) is 25.4 Å². The molecule has 0 unspecified atom stereocenters. The summed E-state index contributed by atoms with van der Waals surface area (Å²) >= 11 is 0. The Morgan fingerprint density at radius 1 is 1.18 bits per heavy atom. The molecule has 2 aromatic heterocycles. The summed E-state index contributed by atoms with van der Waals surface area (Å²) in [6, 6.07) is 16.7. The summed E-state index contributed by atoms with van der Waals surface area (Å²) < 4.78 is 5.38. The molecule has 7 nitrogen and oxygen atoms in total. The van der Waals surface area contributed by atoms with Gasteiger partial charge in [-0.1, -0.05) is 41.6 Å². The summed E-state index contributed by atoms with van der Waals surface area (Å²) in [7, 11) is 0. The Hall–Kier alpha value is -3.48. The fraction of sp³-hybridized carbons (Fsp3) is 0.238. The number of nitrogens with one attached hydrogen (secondary N) is 1. The zero-order valence-electron chi connectivity index (χ0n) is 15.2. The molecule has 142 valence electrons. The Morgan fingerprint density at radius 2 is 2.00 bits per heavy atom. The van der Waals surface area contributed by atoms with Crippen LogP contribution in [0, 0.1) is 0 Å². The Labute approximate surface area is 162 Å². The third kappa shape index (κ3) is 4.09. The molecule has 0 bridgehead atoms. The van der Waals surface area contributed by atoms with Crippen molar-refractivity contribution in [3.63, 3.8) is 0 Å². The molecule has 1 saturated heterocycles. The number of rotatable bonds is 6. The molecule has 1 aliphatic heterocycles. The van der Waals surface area contributed by atoms with Gasteiger partial charge in [-0.25, -0.2) is 0 Å². The van der Waals surface area contributed by atoms with Crippen LogP contribution in [0.25, 0.3) is 11.3 Å². The second-order valence-electron chi connectivity index (χ2n) is 6.75. The van der Waals surface area contributed by atoms with E-state index in [1.54, 1.807) is 17.2 Å². The van der Waals surface area contributed by atoms with Crippen LogP contribution in [-0.2, 0) is 11.3 Å². The maximum absolute atomic E-state index is 13.1. The molecule has 1 atom stereocenters. The van der Waals surface area contributed by atoms with Gasteiger partial charge in [0.2, 0.25) is 5.91 Å². The molecule has 28 heavy (non-hydrogen) atoms. The first-order chi connectivity index (χ1) is 13.7. The van der Waals surface area contributed by atoms with Crippen LogP contribution in [0.2, 0.25) is 0 Å². The van der Waals surface area contributed by atoms with Crippen molar-refractivity contribution in [2.24, 2.45) is 0 Å². The zero-order chi connectivity index (χ0) is 19.3. The molecule has 4 rings (SSSR count). The molecule has 0 saturated carbocycles. The lowest BCUT2D eigenvalue weighted by Crippen LogP contribution is -2.41. The molecule has 3 heterocycles. The number of hydrogen-bond donors (Lipinski definition) is 1. The summed E-state index contributed by atoms with van der Waals surface area (Å²) in [5.41, 5.74) is 1.86. The topological polar surface area (TPSA) is 88.3 Å². The van der Waals surface area contributed by atoms with E-state index < -0.39 is 0 Å². The monoisotopic (exact) mass is 376 g/mol. The van der Waals surface area contributed by atoms with Crippen molar-refractivity contribution < 1.29 is 14.1 Å². The number of carbonyl (C=O) groups excluding carboxylic acids is 2. The molecular formula is C21H20N4O3. The molecule has 1 N–H and O–H groups in total. The second-order valence-corrected chi connectivity index (χ2v) is 6.75. The Morgan fingerprint density at radius 3 is 2.71 bits per heavy atom. The minimum absolute atomic E-state index is 0.0167. The van der Waals surface area contributed by atoms with E-state index in [1.165, 1.54) is 0 Å². The zero-order valence-corrected chi connectivity index (χ0v) is 15.2. The quantitative estimate of drug-likeness (QED) is 0.714. The average molecular weight is 376 g/mol. The van der Waals surface area contributed by atoms with Crippen molar-refractivity contribution in [3.8, 4) is 11.3 Å². The van der Waals surface area contributed by atoms with Crippen LogP contribution < -0.4 is 5.32 Å². The van der Waals surface area contributed by atoms with E-state index in [4.69, 9.17) is 4.52 Å². The molecule has 0 aliphatic carbocycles. The van der Waals surface area contributed by atoms with Crippen molar-refractivity contribution in [1.29, 1.82) is 0 Å². The maximum atomic E-state index is 13.1. The molecule has 3 aromatic rings. The fourth-order valence-electron chi connectivity index (χ4n) is 3.26. The third-order valence-electron chi connectivity index (χ3n) is 4.68. The lowest BCUT2D eigenvalue weighted by Gasteiger charge is -2.24. The van der Waals surface area contributed by atoms with E-state index in [2.05, 4.69) is 15.5 Å². The van der Waals surface area contributed by atoms with Gasteiger partial charge >= 0.3 is 0 Å². The van der Waals surface area contributed by atoms with Gasteiger partial charge in [-0.2, -0.15) is 0 Å². The first-order valence-electron chi connectivity index (χ1n) is 9.20. The second kappa shape index (κ2) is 8.04. The summed E-state index contributed by atoms with van der Waals surface area (Å²) in [4.78, 5) is 30.6. The molecule has 7 heteroatoms. The molecule has 0 radical (unpaired) electrons. The van der Waals surface area contributed by atoms with Gasteiger partial charge < -0.3 is 14.7 Å². The molecular weight excluding hydrogens is 356 g/mol. The molecule has 1 aromatic carbocycles. The smallest absolute Gasteiger partial charge is 0.276 e. The van der Waals surface area contributed by atoms with Crippen LogP contribution in [0.15, 0.2) is 65.3 Å². The van der Waals surface area contributed by atoms with Crippen LogP contribution in [0.1, 0.15) is 29.0 Å². The van der Waals surface area contributed by atoms with E-state index in [1.807, 2.05) is 48.5 Å². The fourth-order valence-corrected chi connectivity index (χ4v) is 3.26. The summed E-state index contributed by atoms with van der Waals surface area (Å²) in [5.74, 6) is 0.302. The van der Waals surface area contributed by atoms with E-state index in [0.29, 0.717) is 31.7 Å². The standard InChI is InChI=1S/C21H20N4O3/c26-20-10-9-17(23-20)14-25(13-16-8-4-5-11-22-16)21(27)18-12-19(28-24-18)15-6-2-1-3-7-15/h1-8,11-12,17H,9-10,13-14H2,(H,23,26)/t17-/m0/s1. The molecule has 0 spiro atoms. The van der Waals surface area contributed by atoms with Gasteiger partial charge in [-0.3, -0.25) is 14.6 Å². The van der Waals surface area contributed by atoms with Gasteiger partial charge in [0.25, 0.3) is 5.91 Å². The minimum Gasteiger partial charge on any atom is -0.355 e. The first-order valence-corrected chi connectivity index (χ1v) is 9.20. The van der Waals surface area contributed by atoms with Crippen LogP contribution in [0.5, 0.6) is 0 Å². The minimum atomic E-state index is -0.252. The number of aromatic nitrogens is 2. The highest BCUT2D eigenvalue weighted by atomic mass is 16.5. The highest BCUT2D eigenvalue weighted by molar-refractivity contribution is 5.93. The number of hydrogen-bond acceptors (Lipinski definition) is 5. The molecule has 2 amide bonds. The third-order valence-corrected chi connectivity index (χ3v) is 4.68. The lowest BCUT2D eigenvalue weighted by molar-refractivity contribution is -0.119. The van der Waals surface area contributed by atoms with Gasteiger partial charge in [-0.15, -0.1) is 0 Å². The SMILES string of the molecule is O=C1CC[C@@H](CN(Cc2ccccn2)C(=O)c2cc(-c3ccccc3)on2)N1. The largest absolute Gasteiger partial charge is 0.355 e. The van der Waals surface area contributed by atoms with Crippen LogP contribution in [0.4, 0.5) is 0 Å². The number of benzene rings is 1. The Balaban J connectivity index is 1.55. The van der Waals surface area contributed by atoms with Crippen LogP contribution in [0.3, 0.4) is 0 Å². The number of carbonyl (C=O) groups is 2. The van der Waals surface area contributed by atoms with Crippen molar-refractivity contribution in [3.05, 3.63) is 72.2 Å². The van der Waals surface area contributed by atoms with Crippen molar-refractivity contribution in [2.75, 3.05) is 6.54 Å². The van der Waals surface area contributed by atoms with Crippen molar-refractivity contribution in [1.82, 2.24) is 20.4 Å². The Kier molecular flexibility index (Phi) is 5.14. The number of pyridine rings is 1. The lowest BCUT2D eigenvalue weighted by atomic mass is 10.1. The van der Waals surface area contributed by atoms with Gasteiger partial charge in [0, 0.05) is 36.8 Å². The van der Waals surface area contributed by atoms with Crippen LogP contribution in [-0.4, -0.2) is 39.4 Å². The van der Waals surface area contributed by atoms with E-state index in [-0.39, 0.29) is 23.6 Å². The Bertz CT molecular complexity index is 956. The van der Waals surface area contributed by atoms with E-state index in [9.17, 15) is 9.59 Å². The predicted octanol–water partition coefficient (Wildman–Crippen LogP) is 2.66. The average Bonchev–Trinajstić information content (AvgIpc) is 3.38. The predicted molar refractivity (Wildman–Crippen MR) is 102 cm³/mol. The molecule has 1 aliphatic rings. The highest BCUT2D eigenvalue weighted by Gasteiger charge is 2.27. The first kappa shape index (κ1) is 17.9. The normalized spacial score (nSPS) is 16.0. The summed E-state index contributed by atoms with van der Waals surface area (Å²) in [5, 5.41) is 6.88. The van der Waals surface area contributed by atoms with Gasteiger partial charge in [-0.05, 0) is 18.6 Å². The van der Waals surface area contributed by atoms with E-state index >= 15 is 0 Å². The highest BCUT2D eigenvalue weighted by Crippen LogP contribution is 2.21. The van der Waals surface area contributed by atoms with Gasteiger partial charge in [0.1, 0.15) is 0 Å². The summed E-state index contributed by atoms with van der Waals surface area (Å²) in [6.45, 7) is 0.730. The maximum Gasteiger partial charge on any atom is 0.276 e.